The van der Waals surface area contributed by atoms with Crippen LogP contribution in [-0.2, 0) is 4.79 Å². The van der Waals surface area contributed by atoms with Crippen LogP contribution in [0.4, 0.5) is 0 Å². The van der Waals surface area contributed by atoms with Crippen LogP contribution in [0.1, 0.15) is 37.1 Å². The Kier molecular flexibility index (Phi) is 4.59. The zero-order valence-electron chi connectivity index (χ0n) is 9.83. The summed E-state index contributed by atoms with van der Waals surface area (Å²) in [7, 11) is 0. The van der Waals surface area contributed by atoms with Gasteiger partial charge < -0.3 is 5.32 Å². The molecule has 1 aromatic rings. The summed E-state index contributed by atoms with van der Waals surface area (Å²) in [6, 6.07) is 2.20. The van der Waals surface area contributed by atoms with Gasteiger partial charge in [-0.25, -0.2) is 0 Å². The second kappa shape index (κ2) is 5.98. The number of rotatable bonds is 3. The summed E-state index contributed by atoms with van der Waals surface area (Å²) in [6.45, 7) is 2.92. The Labute approximate surface area is 114 Å². The van der Waals surface area contributed by atoms with Gasteiger partial charge in [0.15, 0.2) is 0 Å². The molecule has 2 N–H and O–H groups in total. The lowest BCUT2D eigenvalue weighted by Crippen LogP contribution is -2.43. The lowest BCUT2D eigenvalue weighted by atomic mass is 10.1. The molecule has 0 saturated carbocycles. The molecule has 1 amide bonds. The van der Waals surface area contributed by atoms with Gasteiger partial charge >= 0.3 is 0 Å². The van der Waals surface area contributed by atoms with Crippen molar-refractivity contribution in [1.29, 1.82) is 0 Å². The smallest absolute Gasteiger partial charge is 0.237 e. The van der Waals surface area contributed by atoms with Crippen molar-refractivity contribution in [3.05, 3.63) is 20.8 Å². The molecule has 17 heavy (non-hydrogen) atoms. The number of hydrogen-bond donors (Lipinski definition) is 2. The predicted molar refractivity (Wildman–Crippen MR) is 74.2 cm³/mol. The summed E-state index contributed by atoms with van der Waals surface area (Å²) < 4.78 is 1.12. The topological polar surface area (TPSA) is 41.1 Å². The normalized spacial score (nSPS) is 22.9. The first-order valence-corrected chi connectivity index (χ1v) is 7.62. The van der Waals surface area contributed by atoms with Crippen molar-refractivity contribution in [2.75, 3.05) is 6.54 Å². The molecule has 0 radical (unpaired) electrons. The predicted octanol–water partition coefficient (Wildman–Crippen LogP) is 2.83. The molecule has 2 atom stereocenters. The van der Waals surface area contributed by atoms with E-state index in [4.69, 9.17) is 0 Å². The van der Waals surface area contributed by atoms with Crippen LogP contribution < -0.4 is 10.6 Å². The largest absolute Gasteiger partial charge is 0.355 e. The quantitative estimate of drug-likeness (QED) is 0.900. The third-order valence-electron chi connectivity index (χ3n) is 3.02. The fourth-order valence-electron chi connectivity index (χ4n) is 2.09. The maximum Gasteiger partial charge on any atom is 0.237 e. The van der Waals surface area contributed by atoms with Crippen molar-refractivity contribution < 1.29 is 4.79 Å². The van der Waals surface area contributed by atoms with Gasteiger partial charge in [-0.2, -0.15) is 0 Å². The highest BCUT2D eigenvalue weighted by molar-refractivity contribution is 9.10. The van der Waals surface area contributed by atoms with Crippen molar-refractivity contribution in [3.63, 3.8) is 0 Å². The molecule has 3 nitrogen and oxygen atoms in total. The first-order chi connectivity index (χ1) is 8.18. The Hall–Kier alpha value is -0.390. The van der Waals surface area contributed by atoms with Crippen LogP contribution in [0.15, 0.2) is 15.9 Å². The second-order valence-electron chi connectivity index (χ2n) is 4.36. The van der Waals surface area contributed by atoms with Crippen molar-refractivity contribution >= 4 is 33.2 Å². The van der Waals surface area contributed by atoms with Gasteiger partial charge in [0.05, 0.1) is 6.04 Å². The molecule has 1 aliphatic heterocycles. The van der Waals surface area contributed by atoms with E-state index in [1.54, 1.807) is 11.3 Å². The van der Waals surface area contributed by atoms with Crippen molar-refractivity contribution in [2.24, 2.45) is 0 Å². The minimum absolute atomic E-state index is 0.0542. The lowest BCUT2D eigenvalue weighted by Gasteiger charge is -2.20. The molecule has 0 aromatic carbocycles. The van der Waals surface area contributed by atoms with E-state index >= 15 is 0 Å². The average molecular weight is 317 g/mol. The van der Waals surface area contributed by atoms with Gasteiger partial charge in [-0.05, 0) is 53.6 Å². The van der Waals surface area contributed by atoms with E-state index in [2.05, 4.69) is 38.9 Å². The first-order valence-electron chi connectivity index (χ1n) is 5.95. The SMILES string of the molecule is CC(NC1CCCCNC1=O)c1sccc1Br. The molecule has 2 unspecified atom stereocenters. The van der Waals surface area contributed by atoms with E-state index < -0.39 is 0 Å². The van der Waals surface area contributed by atoms with Gasteiger partial charge in [0.2, 0.25) is 5.91 Å². The Morgan fingerprint density at radius 3 is 3.12 bits per heavy atom. The molecular weight excluding hydrogens is 300 g/mol. The summed E-state index contributed by atoms with van der Waals surface area (Å²) in [4.78, 5) is 13.1. The van der Waals surface area contributed by atoms with Crippen LogP contribution in [0.2, 0.25) is 0 Å². The van der Waals surface area contributed by atoms with Crippen LogP contribution >= 0.6 is 27.3 Å². The number of amides is 1. The second-order valence-corrected chi connectivity index (χ2v) is 6.16. The van der Waals surface area contributed by atoms with Crippen LogP contribution in [0.25, 0.3) is 0 Å². The third kappa shape index (κ3) is 3.30. The van der Waals surface area contributed by atoms with Gasteiger partial charge in [0.25, 0.3) is 0 Å². The molecule has 0 aliphatic carbocycles. The van der Waals surface area contributed by atoms with Crippen LogP contribution in [0.3, 0.4) is 0 Å². The van der Waals surface area contributed by atoms with Crippen LogP contribution in [0, 0.1) is 0 Å². The fourth-order valence-corrected chi connectivity index (χ4v) is 3.82. The van der Waals surface area contributed by atoms with Crippen LogP contribution in [0.5, 0.6) is 0 Å². The summed E-state index contributed by atoms with van der Waals surface area (Å²) in [5.41, 5.74) is 0. The van der Waals surface area contributed by atoms with E-state index in [0.717, 1.165) is 30.3 Å². The zero-order valence-corrected chi connectivity index (χ0v) is 12.2. The Morgan fingerprint density at radius 2 is 2.41 bits per heavy atom. The van der Waals surface area contributed by atoms with Gasteiger partial charge in [-0.3, -0.25) is 10.1 Å². The molecule has 0 spiro atoms. The molecule has 94 valence electrons. The number of halogens is 1. The van der Waals surface area contributed by atoms with Crippen molar-refractivity contribution in [1.82, 2.24) is 10.6 Å². The number of thiophene rings is 1. The van der Waals surface area contributed by atoms with E-state index in [1.165, 1.54) is 4.88 Å². The fraction of sp³-hybridized carbons (Fsp3) is 0.583. The number of nitrogens with one attached hydrogen (secondary N) is 2. The van der Waals surface area contributed by atoms with E-state index in [9.17, 15) is 4.79 Å². The lowest BCUT2D eigenvalue weighted by molar-refractivity contribution is -0.123. The maximum atomic E-state index is 11.8. The van der Waals surface area contributed by atoms with Crippen molar-refractivity contribution in [3.8, 4) is 0 Å². The van der Waals surface area contributed by atoms with Crippen LogP contribution in [-0.4, -0.2) is 18.5 Å². The van der Waals surface area contributed by atoms with Gasteiger partial charge in [0, 0.05) is 21.9 Å². The highest BCUT2D eigenvalue weighted by Gasteiger charge is 2.23. The van der Waals surface area contributed by atoms with Crippen molar-refractivity contribution in [2.45, 2.75) is 38.3 Å². The highest BCUT2D eigenvalue weighted by atomic mass is 79.9. The summed E-state index contributed by atoms with van der Waals surface area (Å²) in [5.74, 6) is 0.141. The molecule has 1 aliphatic rings. The Bertz CT molecular complexity index is 394. The molecular formula is C12H17BrN2OS. The minimum atomic E-state index is -0.0542. The Balaban J connectivity index is 2.00. The monoisotopic (exact) mass is 316 g/mol. The minimum Gasteiger partial charge on any atom is -0.355 e. The van der Waals surface area contributed by atoms with Gasteiger partial charge in [-0.15, -0.1) is 11.3 Å². The van der Waals surface area contributed by atoms with Gasteiger partial charge in [0.1, 0.15) is 0 Å². The summed E-state index contributed by atoms with van der Waals surface area (Å²) in [6.07, 6.45) is 3.12. The van der Waals surface area contributed by atoms with E-state index in [0.29, 0.717) is 0 Å². The summed E-state index contributed by atoms with van der Waals surface area (Å²) in [5, 5.41) is 8.43. The molecule has 5 heteroatoms. The average Bonchev–Trinajstić information content (AvgIpc) is 2.63. The number of hydrogen-bond acceptors (Lipinski definition) is 3. The van der Waals surface area contributed by atoms with E-state index in [-0.39, 0.29) is 18.0 Å². The summed E-state index contributed by atoms with van der Waals surface area (Å²) >= 11 is 5.24. The third-order valence-corrected chi connectivity index (χ3v) is 5.08. The molecule has 0 bridgehead atoms. The van der Waals surface area contributed by atoms with Gasteiger partial charge in [-0.1, -0.05) is 0 Å². The molecule has 1 fully saturated rings. The molecule has 2 rings (SSSR count). The molecule has 2 heterocycles. The van der Waals surface area contributed by atoms with E-state index in [1.807, 2.05) is 6.07 Å². The Morgan fingerprint density at radius 1 is 1.59 bits per heavy atom. The number of carbonyl (C=O) groups is 1. The maximum absolute atomic E-state index is 11.8. The zero-order chi connectivity index (χ0) is 12.3. The standard InChI is InChI=1S/C12H17BrN2OS/c1-8(11-9(13)5-7-17-11)15-10-4-2-3-6-14-12(10)16/h5,7-8,10,15H,2-4,6H2,1H3,(H,14,16). The molecule has 1 aromatic heterocycles. The first kappa shape index (κ1) is 13.1. The highest BCUT2D eigenvalue weighted by Crippen LogP contribution is 2.29. The number of carbonyl (C=O) groups excluding carboxylic acids is 1. The molecule has 1 saturated heterocycles.